The molecule has 242 valence electrons. The van der Waals surface area contributed by atoms with E-state index in [9.17, 15) is 4.79 Å². The molecule has 12 heteroatoms. The monoisotopic (exact) mass is 646 g/mol. The third kappa shape index (κ3) is 5.61. The average Bonchev–Trinajstić information content (AvgIpc) is 3.68. The minimum absolute atomic E-state index is 0.0605. The zero-order valence-electron chi connectivity index (χ0n) is 27.1. The number of amides is 1. The van der Waals surface area contributed by atoms with Gasteiger partial charge in [0, 0.05) is 29.1 Å². The first-order chi connectivity index (χ1) is 21.9. The van der Waals surface area contributed by atoms with Crippen molar-refractivity contribution in [2.45, 2.75) is 91.4 Å². The van der Waals surface area contributed by atoms with Crippen LogP contribution in [-0.4, -0.2) is 61.2 Å². The van der Waals surface area contributed by atoms with Gasteiger partial charge in [-0.2, -0.15) is 0 Å². The van der Waals surface area contributed by atoms with Gasteiger partial charge in [-0.3, -0.25) is 9.56 Å². The van der Waals surface area contributed by atoms with Crippen molar-refractivity contribution in [3.05, 3.63) is 75.6 Å². The normalized spacial score (nSPS) is 19.2. The first kappa shape index (κ1) is 30.6. The Balaban J connectivity index is 1.10. The Morgan fingerprint density at radius 3 is 2.59 bits per heavy atom. The number of likely N-dealkylation sites (tertiary alicyclic amines) is 1. The largest absolute Gasteiger partial charge is 0.487 e. The highest BCUT2D eigenvalue weighted by atomic mass is 32.1. The molecule has 0 bridgehead atoms. The lowest BCUT2D eigenvalue weighted by Crippen LogP contribution is -2.52. The number of hydrogen-bond donors (Lipinski definition) is 0. The standard InChI is InChI=1S/C34H39FN6O4S/c1-19-20(2)46-31-28(19)29(37-25(16-27-36-11-14-43-27)30-39-38-21(3)41(30)31)22-7-8-26(24(35)15-22)44-23-17-34(18-23)9-12-40(13-10-34)32(42)45-33(4,5)6/h7-8,11,14-15,23,25H,9-10,12-13,16-18H2,1-6H3/t25-/m0/s1. The lowest BCUT2D eigenvalue weighted by molar-refractivity contribution is -0.0593. The first-order valence-electron chi connectivity index (χ1n) is 15.8. The summed E-state index contributed by atoms with van der Waals surface area (Å²) in [6.45, 7) is 13.1. The summed E-state index contributed by atoms with van der Waals surface area (Å²) in [5, 5.41) is 9.86. The Labute approximate surface area is 271 Å². The van der Waals surface area contributed by atoms with Gasteiger partial charge in [0.25, 0.3) is 0 Å². The molecule has 0 radical (unpaired) electrons. The topological polar surface area (TPSA) is 108 Å². The molecule has 1 saturated heterocycles. The number of ether oxygens (including phenoxy) is 2. The summed E-state index contributed by atoms with van der Waals surface area (Å²) in [6, 6.07) is 4.71. The number of fused-ring (bicyclic) bond motifs is 3. The molecule has 0 N–H and O–H groups in total. The fourth-order valence-electron chi connectivity index (χ4n) is 6.86. The number of aromatic nitrogens is 4. The minimum Gasteiger partial charge on any atom is -0.487 e. The summed E-state index contributed by atoms with van der Waals surface area (Å²) in [4.78, 5) is 25.0. The van der Waals surface area contributed by atoms with Crippen LogP contribution < -0.4 is 4.74 Å². The lowest BCUT2D eigenvalue weighted by Gasteiger charge is -2.51. The number of carbonyl (C=O) groups is 1. The smallest absolute Gasteiger partial charge is 0.410 e. The summed E-state index contributed by atoms with van der Waals surface area (Å²) in [5.41, 5.74) is 3.03. The summed E-state index contributed by atoms with van der Waals surface area (Å²) >= 11 is 1.66. The Morgan fingerprint density at radius 2 is 1.91 bits per heavy atom. The molecule has 1 saturated carbocycles. The fourth-order valence-corrected chi connectivity index (χ4v) is 8.07. The maximum Gasteiger partial charge on any atom is 0.410 e. The van der Waals surface area contributed by atoms with Gasteiger partial charge in [-0.05, 0) is 96.4 Å². The van der Waals surface area contributed by atoms with Gasteiger partial charge in [0.05, 0.1) is 24.4 Å². The van der Waals surface area contributed by atoms with Gasteiger partial charge in [0.2, 0.25) is 0 Å². The second kappa shape index (κ2) is 11.3. The Morgan fingerprint density at radius 1 is 1.15 bits per heavy atom. The van der Waals surface area contributed by atoms with Crippen LogP contribution in [0.25, 0.3) is 5.00 Å². The Bertz CT molecular complexity index is 1800. The number of thiophene rings is 1. The number of rotatable bonds is 5. The second-order valence-electron chi connectivity index (χ2n) is 13.8. The highest BCUT2D eigenvalue weighted by Crippen LogP contribution is 2.51. The van der Waals surface area contributed by atoms with E-state index in [-0.39, 0.29) is 23.4 Å². The van der Waals surface area contributed by atoms with Crippen molar-refractivity contribution >= 4 is 23.1 Å². The number of oxazole rings is 1. The number of halogens is 1. The maximum absolute atomic E-state index is 15.8. The molecule has 46 heavy (non-hydrogen) atoms. The molecule has 0 unspecified atom stereocenters. The highest BCUT2D eigenvalue weighted by Gasteiger charge is 2.48. The molecule has 1 aliphatic carbocycles. The van der Waals surface area contributed by atoms with Crippen LogP contribution >= 0.6 is 11.3 Å². The van der Waals surface area contributed by atoms with Gasteiger partial charge in [-0.25, -0.2) is 14.2 Å². The van der Waals surface area contributed by atoms with Gasteiger partial charge in [-0.15, -0.1) is 21.5 Å². The molecule has 1 spiro atoms. The number of piperidine rings is 1. The van der Waals surface area contributed by atoms with Crippen molar-refractivity contribution in [2.75, 3.05) is 13.1 Å². The molecule has 3 aliphatic rings. The van der Waals surface area contributed by atoms with E-state index in [0.717, 1.165) is 52.5 Å². The van der Waals surface area contributed by atoms with E-state index >= 15 is 4.39 Å². The van der Waals surface area contributed by atoms with Crippen LogP contribution in [0.5, 0.6) is 5.75 Å². The van der Waals surface area contributed by atoms with Crippen molar-refractivity contribution < 1.29 is 23.1 Å². The summed E-state index contributed by atoms with van der Waals surface area (Å²) in [6.07, 6.45) is 6.73. The zero-order chi connectivity index (χ0) is 32.4. The van der Waals surface area contributed by atoms with Gasteiger partial charge in [0.15, 0.2) is 23.3 Å². The van der Waals surface area contributed by atoms with E-state index in [2.05, 4.69) is 33.6 Å². The van der Waals surface area contributed by atoms with E-state index in [1.807, 2.05) is 33.8 Å². The number of aliphatic imine (C=N–C) groups is 1. The van der Waals surface area contributed by atoms with Crippen molar-refractivity contribution in [3.8, 4) is 10.8 Å². The van der Waals surface area contributed by atoms with Gasteiger partial charge >= 0.3 is 6.09 Å². The van der Waals surface area contributed by atoms with Crippen LogP contribution in [-0.2, 0) is 11.2 Å². The lowest BCUT2D eigenvalue weighted by atomic mass is 9.61. The molecule has 2 fully saturated rings. The number of carbonyl (C=O) groups excluding carboxylic acids is 1. The van der Waals surface area contributed by atoms with Crippen LogP contribution in [0.1, 0.15) is 91.6 Å². The predicted octanol–water partition coefficient (Wildman–Crippen LogP) is 7.07. The Hall–Kier alpha value is -4.06. The highest BCUT2D eigenvalue weighted by molar-refractivity contribution is 7.15. The number of nitrogens with zero attached hydrogens (tertiary/aromatic N) is 6. The van der Waals surface area contributed by atoms with Gasteiger partial charge in [0.1, 0.15) is 28.7 Å². The molecule has 10 nitrogen and oxygen atoms in total. The van der Waals surface area contributed by atoms with Gasteiger partial charge < -0.3 is 18.8 Å². The maximum atomic E-state index is 15.8. The molecule has 2 aliphatic heterocycles. The first-order valence-corrected chi connectivity index (χ1v) is 16.6. The number of aryl methyl sites for hydroxylation is 2. The van der Waals surface area contributed by atoms with Crippen LogP contribution in [0.4, 0.5) is 9.18 Å². The fraction of sp³-hybridized carbons (Fsp3) is 0.500. The van der Waals surface area contributed by atoms with Crippen LogP contribution in [0.15, 0.2) is 40.1 Å². The SMILES string of the molecule is Cc1sc2c(c1C)C(c1ccc(OC3CC4(CCN(C(=O)OC(C)(C)C)CC4)C3)c(F)c1)=N[C@@H](Cc1ncco1)c1nnc(C)n1-2. The molecular weight excluding hydrogens is 607 g/mol. The molecule has 3 aromatic heterocycles. The number of hydrogen-bond acceptors (Lipinski definition) is 9. The molecule has 7 rings (SSSR count). The molecule has 1 aromatic carbocycles. The second-order valence-corrected chi connectivity index (χ2v) is 15.0. The van der Waals surface area contributed by atoms with Crippen LogP contribution in [0.3, 0.4) is 0 Å². The van der Waals surface area contributed by atoms with E-state index in [0.29, 0.717) is 42.5 Å². The van der Waals surface area contributed by atoms with Crippen LogP contribution in [0, 0.1) is 32.0 Å². The molecular formula is C34H39FN6O4S. The third-order valence-electron chi connectivity index (χ3n) is 9.39. The predicted molar refractivity (Wildman–Crippen MR) is 172 cm³/mol. The van der Waals surface area contributed by atoms with Crippen molar-refractivity contribution in [1.29, 1.82) is 0 Å². The quantitative estimate of drug-likeness (QED) is 0.228. The molecule has 1 amide bonds. The molecule has 1 atom stereocenters. The van der Waals surface area contributed by atoms with Crippen molar-refractivity contribution in [3.63, 3.8) is 0 Å². The van der Waals surface area contributed by atoms with E-state index < -0.39 is 17.5 Å². The summed E-state index contributed by atoms with van der Waals surface area (Å²) in [5.74, 6) is 1.82. The Kier molecular flexibility index (Phi) is 7.53. The zero-order valence-corrected chi connectivity index (χ0v) is 27.9. The summed E-state index contributed by atoms with van der Waals surface area (Å²) in [7, 11) is 0. The van der Waals surface area contributed by atoms with E-state index in [1.165, 1.54) is 6.07 Å². The summed E-state index contributed by atoms with van der Waals surface area (Å²) < 4.78 is 35.2. The molecule has 5 heterocycles. The van der Waals surface area contributed by atoms with E-state index in [4.69, 9.17) is 18.9 Å². The van der Waals surface area contributed by atoms with Gasteiger partial charge in [-0.1, -0.05) is 0 Å². The van der Waals surface area contributed by atoms with E-state index in [1.54, 1.807) is 34.8 Å². The van der Waals surface area contributed by atoms with Crippen LogP contribution in [0.2, 0.25) is 0 Å². The van der Waals surface area contributed by atoms with Crippen molar-refractivity contribution in [2.24, 2.45) is 10.4 Å². The number of benzene rings is 1. The minimum atomic E-state index is -0.507. The van der Waals surface area contributed by atoms with Crippen molar-refractivity contribution in [1.82, 2.24) is 24.6 Å². The average molecular weight is 647 g/mol. The third-order valence-corrected chi connectivity index (χ3v) is 10.6. The molecule has 4 aromatic rings.